The standard InChI is InChI=1S/C41H51N9O8/c1-23-5-8-28(24(2)19-23)38(53)48-31(9-12-35(45)51)41(56)50(4)36-27-7-11-34(58-18-15-44)30(22-27)29-20-26(6-10-33(29)57-17-14-43)21-32(39(54)46-16-13-42)49-37(52)25(3)47-40(36)55/h5-8,10-11,19-20,22,25,31-32,36H,9,12,14-18,21,43-44H2,1-4H3,(H2,45,51)(H,46,54)(H,47,55)(H,48,53)(H,49,52)/t25-,31-,32-,36-/m0/s1. The SMILES string of the molecule is Cc1ccc(C(=O)N[C@@H](CCC(N)=O)C(=O)N(C)[C@@H]2C(=O)N[C@@H](C)C(=O)N[C@H](C(=O)NCC#N)Cc3ccc(OCCN)c(c3)-c3cc2ccc3OCCN)c(C)c1. The van der Waals surface area contributed by atoms with Gasteiger partial charge in [0.25, 0.3) is 5.91 Å². The van der Waals surface area contributed by atoms with Gasteiger partial charge in [-0.3, -0.25) is 28.8 Å². The van der Waals surface area contributed by atoms with E-state index in [1.165, 1.54) is 14.0 Å². The molecule has 1 aliphatic heterocycles. The van der Waals surface area contributed by atoms with E-state index in [0.717, 1.165) is 10.5 Å². The highest BCUT2D eigenvalue weighted by atomic mass is 16.5. The van der Waals surface area contributed by atoms with Gasteiger partial charge in [0, 0.05) is 49.7 Å². The van der Waals surface area contributed by atoms with Crippen LogP contribution in [0.5, 0.6) is 11.5 Å². The first kappa shape index (κ1) is 44.2. The van der Waals surface area contributed by atoms with Crippen molar-refractivity contribution >= 4 is 35.4 Å². The Labute approximate surface area is 337 Å². The summed E-state index contributed by atoms with van der Waals surface area (Å²) in [6.07, 6.45) is -0.440. The molecule has 3 aromatic carbocycles. The van der Waals surface area contributed by atoms with Gasteiger partial charge in [0.05, 0.1) is 6.07 Å². The van der Waals surface area contributed by atoms with Crippen LogP contribution < -0.4 is 47.9 Å². The van der Waals surface area contributed by atoms with Gasteiger partial charge in [0.15, 0.2) is 0 Å². The molecule has 6 amide bonds. The number of nitriles is 1. The summed E-state index contributed by atoms with van der Waals surface area (Å²) in [6.45, 7) is 5.37. The zero-order chi connectivity index (χ0) is 42.5. The number of nitrogens with zero attached hydrogens (tertiary/aromatic N) is 2. The molecule has 4 rings (SSSR count). The molecule has 17 nitrogen and oxygen atoms in total. The molecular weight excluding hydrogens is 747 g/mol. The maximum Gasteiger partial charge on any atom is 0.252 e. The van der Waals surface area contributed by atoms with Crippen molar-refractivity contribution < 1.29 is 38.2 Å². The number of rotatable bonds is 15. The van der Waals surface area contributed by atoms with Crippen LogP contribution in [0.4, 0.5) is 0 Å². The van der Waals surface area contributed by atoms with Crippen LogP contribution in [0, 0.1) is 25.2 Å². The lowest BCUT2D eigenvalue weighted by molar-refractivity contribution is -0.141. The molecule has 0 saturated heterocycles. The number of hydrogen-bond acceptors (Lipinski definition) is 11. The quantitative estimate of drug-likeness (QED) is 0.103. The number of nitrogens with two attached hydrogens (primary N) is 3. The Bertz CT molecular complexity index is 2070. The fourth-order valence-corrected chi connectivity index (χ4v) is 6.55. The van der Waals surface area contributed by atoms with E-state index < -0.39 is 59.6 Å². The molecule has 0 spiro atoms. The number of carbonyl (C=O) groups excluding carboxylic acids is 6. The number of ether oxygens (including phenoxy) is 2. The normalized spacial score (nSPS) is 16.9. The van der Waals surface area contributed by atoms with Gasteiger partial charge >= 0.3 is 0 Å². The summed E-state index contributed by atoms with van der Waals surface area (Å²) in [5, 5.41) is 19.7. The van der Waals surface area contributed by atoms with E-state index in [9.17, 15) is 28.8 Å². The second-order valence-corrected chi connectivity index (χ2v) is 13.9. The lowest BCUT2D eigenvalue weighted by atomic mass is 9.93. The number of benzene rings is 3. The number of hydrogen-bond donors (Lipinski definition) is 7. The fraction of sp³-hybridized carbons (Fsp3) is 0.390. The summed E-state index contributed by atoms with van der Waals surface area (Å²) < 4.78 is 12.1. The van der Waals surface area contributed by atoms with Crippen molar-refractivity contribution in [3.8, 4) is 28.7 Å². The molecule has 308 valence electrons. The van der Waals surface area contributed by atoms with Gasteiger partial charge in [-0.15, -0.1) is 0 Å². The van der Waals surface area contributed by atoms with Crippen molar-refractivity contribution in [3.05, 3.63) is 82.4 Å². The highest BCUT2D eigenvalue weighted by Gasteiger charge is 2.36. The molecule has 1 heterocycles. The number of carbonyl (C=O) groups is 6. The van der Waals surface area contributed by atoms with Gasteiger partial charge in [-0.1, -0.05) is 29.8 Å². The smallest absolute Gasteiger partial charge is 0.252 e. The Hall–Kier alpha value is -6.51. The van der Waals surface area contributed by atoms with Crippen LogP contribution in [0.1, 0.15) is 58.4 Å². The first-order valence-corrected chi connectivity index (χ1v) is 18.8. The zero-order valence-corrected chi connectivity index (χ0v) is 33.1. The van der Waals surface area contributed by atoms with Crippen molar-refractivity contribution in [2.24, 2.45) is 17.2 Å². The molecule has 0 radical (unpaired) electrons. The maximum absolute atomic E-state index is 14.5. The third kappa shape index (κ3) is 11.3. The zero-order valence-electron chi connectivity index (χ0n) is 33.1. The van der Waals surface area contributed by atoms with Gasteiger partial charge in [-0.2, -0.15) is 5.26 Å². The van der Waals surface area contributed by atoms with E-state index in [1.807, 2.05) is 19.1 Å². The molecule has 58 heavy (non-hydrogen) atoms. The lowest BCUT2D eigenvalue weighted by Crippen LogP contribution is -2.56. The molecule has 0 aromatic heterocycles. The summed E-state index contributed by atoms with van der Waals surface area (Å²) in [5.41, 5.74) is 20.8. The van der Waals surface area contributed by atoms with Gasteiger partial charge in [-0.05, 0) is 74.2 Å². The molecule has 0 fully saturated rings. The van der Waals surface area contributed by atoms with E-state index in [2.05, 4.69) is 21.3 Å². The van der Waals surface area contributed by atoms with Crippen LogP contribution in [0.25, 0.3) is 11.1 Å². The number of amides is 6. The van der Waals surface area contributed by atoms with Crippen molar-refractivity contribution in [3.63, 3.8) is 0 Å². The van der Waals surface area contributed by atoms with Crippen LogP contribution in [0.15, 0.2) is 54.6 Å². The number of fused-ring (bicyclic) bond motifs is 5. The largest absolute Gasteiger partial charge is 0.492 e. The molecule has 4 bridgehead atoms. The summed E-state index contributed by atoms with van der Waals surface area (Å²) in [6, 6.07) is 11.9. The Morgan fingerprint density at radius 2 is 1.59 bits per heavy atom. The molecule has 4 atom stereocenters. The van der Waals surface area contributed by atoms with Crippen molar-refractivity contribution in [1.82, 2.24) is 26.2 Å². The van der Waals surface area contributed by atoms with Crippen LogP contribution in [0.3, 0.4) is 0 Å². The van der Waals surface area contributed by atoms with E-state index >= 15 is 0 Å². The van der Waals surface area contributed by atoms with Crippen LogP contribution in [0.2, 0.25) is 0 Å². The third-order valence-corrected chi connectivity index (χ3v) is 9.46. The minimum absolute atomic E-state index is 0.00704. The van der Waals surface area contributed by atoms with Crippen molar-refractivity contribution in [2.75, 3.05) is 39.9 Å². The highest BCUT2D eigenvalue weighted by molar-refractivity contribution is 6.00. The molecule has 0 aliphatic carbocycles. The first-order valence-electron chi connectivity index (χ1n) is 18.8. The molecule has 0 unspecified atom stereocenters. The van der Waals surface area contributed by atoms with Crippen LogP contribution in [-0.2, 0) is 30.4 Å². The second kappa shape index (κ2) is 20.6. The minimum atomic E-state index is -1.44. The van der Waals surface area contributed by atoms with Crippen molar-refractivity contribution in [2.45, 2.75) is 64.2 Å². The van der Waals surface area contributed by atoms with E-state index in [-0.39, 0.29) is 57.7 Å². The number of primary amides is 1. The molecule has 1 aliphatic rings. The average Bonchev–Trinajstić information content (AvgIpc) is 3.19. The summed E-state index contributed by atoms with van der Waals surface area (Å²) in [4.78, 5) is 82.5. The molecule has 10 N–H and O–H groups in total. The van der Waals surface area contributed by atoms with E-state index in [0.29, 0.717) is 39.3 Å². The molecule has 17 heteroatoms. The van der Waals surface area contributed by atoms with Crippen molar-refractivity contribution in [1.29, 1.82) is 5.26 Å². The fourth-order valence-electron chi connectivity index (χ4n) is 6.55. The first-order chi connectivity index (χ1) is 27.7. The van der Waals surface area contributed by atoms with E-state index in [4.69, 9.17) is 31.9 Å². The average molecular weight is 798 g/mol. The topological polar surface area (TPSA) is 274 Å². The Balaban J connectivity index is 1.90. The third-order valence-electron chi connectivity index (χ3n) is 9.46. The molecule has 3 aromatic rings. The highest BCUT2D eigenvalue weighted by Crippen LogP contribution is 2.40. The molecular formula is C41H51N9O8. The van der Waals surface area contributed by atoms with E-state index in [1.54, 1.807) is 55.5 Å². The lowest BCUT2D eigenvalue weighted by Gasteiger charge is -2.32. The van der Waals surface area contributed by atoms with Crippen LogP contribution >= 0.6 is 0 Å². The van der Waals surface area contributed by atoms with Gasteiger partial charge in [-0.25, -0.2) is 0 Å². The Morgan fingerprint density at radius 3 is 2.21 bits per heavy atom. The Morgan fingerprint density at radius 1 is 0.931 bits per heavy atom. The second-order valence-electron chi connectivity index (χ2n) is 13.9. The predicted molar refractivity (Wildman–Crippen MR) is 214 cm³/mol. The van der Waals surface area contributed by atoms with Gasteiger partial charge in [0.1, 0.15) is 55.4 Å². The van der Waals surface area contributed by atoms with Gasteiger partial charge in [0.2, 0.25) is 29.5 Å². The van der Waals surface area contributed by atoms with Gasteiger partial charge < -0.3 is 52.8 Å². The minimum Gasteiger partial charge on any atom is -0.492 e. The predicted octanol–water partition coefficient (Wildman–Crippen LogP) is 0.394. The molecule has 0 saturated carbocycles. The maximum atomic E-state index is 14.5. The summed E-state index contributed by atoms with van der Waals surface area (Å²) in [7, 11) is 1.37. The Kier molecular flexibility index (Phi) is 15.7. The number of nitrogens with one attached hydrogen (secondary N) is 4. The monoisotopic (exact) mass is 797 g/mol. The van der Waals surface area contributed by atoms with Crippen LogP contribution in [-0.4, -0.2) is 98.4 Å². The number of aryl methyl sites for hydroxylation is 2. The number of likely N-dealkylation sites (N-methyl/N-ethyl adjacent to an activating group) is 1. The summed E-state index contributed by atoms with van der Waals surface area (Å²) in [5.74, 6) is -3.41. The summed E-state index contributed by atoms with van der Waals surface area (Å²) >= 11 is 0.